The van der Waals surface area contributed by atoms with E-state index in [4.69, 9.17) is 5.11 Å². The average Bonchev–Trinajstić information content (AvgIpc) is 2.29. The number of imide groups is 1. The fourth-order valence-electron chi connectivity index (χ4n) is 1.02. The number of carbonyl (C=O) groups is 3. The van der Waals surface area contributed by atoms with Gasteiger partial charge in [0.25, 0.3) is 5.91 Å². The molecule has 1 aromatic rings. The van der Waals surface area contributed by atoms with E-state index in [2.05, 4.69) is 21.2 Å². The van der Waals surface area contributed by atoms with Crippen LogP contribution in [0.2, 0.25) is 0 Å². The number of anilines is 1. The molecule has 0 aromatic heterocycles. The largest absolute Gasteiger partial charge is 0.478 e. The highest BCUT2D eigenvalue weighted by Crippen LogP contribution is 2.20. The van der Waals surface area contributed by atoms with Gasteiger partial charge in [-0.2, -0.15) is 0 Å². The fourth-order valence-corrected chi connectivity index (χ4v) is 1.40. The number of para-hydroxylation sites is 1. The zero-order valence-electron chi connectivity index (χ0n) is 9.01. The van der Waals surface area contributed by atoms with Crippen LogP contribution in [-0.4, -0.2) is 23.0 Å². The van der Waals surface area contributed by atoms with Crippen LogP contribution in [0.1, 0.15) is 0 Å². The molecule has 7 heteroatoms. The molecule has 0 unspecified atom stereocenters. The average molecular weight is 313 g/mol. The normalized spacial score (nSPS) is 10.1. The molecular formula is C11H9BrN2O4. The lowest BCUT2D eigenvalue weighted by molar-refractivity contribution is -0.131. The molecule has 0 aliphatic carbocycles. The number of amides is 3. The third-order valence-corrected chi connectivity index (χ3v) is 2.43. The Morgan fingerprint density at radius 1 is 1.17 bits per heavy atom. The molecule has 0 saturated carbocycles. The number of hydrogen-bond donors (Lipinski definition) is 3. The van der Waals surface area contributed by atoms with Crippen molar-refractivity contribution in [3.8, 4) is 0 Å². The lowest BCUT2D eigenvalue weighted by atomic mass is 10.3. The monoisotopic (exact) mass is 312 g/mol. The Morgan fingerprint density at radius 2 is 1.83 bits per heavy atom. The van der Waals surface area contributed by atoms with E-state index in [0.29, 0.717) is 16.2 Å². The number of urea groups is 1. The Bertz CT molecular complexity index is 514. The van der Waals surface area contributed by atoms with Crippen molar-refractivity contribution < 1.29 is 19.5 Å². The number of aliphatic carboxylic acids is 1. The van der Waals surface area contributed by atoms with Crippen molar-refractivity contribution in [3.05, 3.63) is 40.9 Å². The van der Waals surface area contributed by atoms with Crippen molar-refractivity contribution in [2.24, 2.45) is 0 Å². The van der Waals surface area contributed by atoms with E-state index in [1.165, 1.54) is 0 Å². The summed E-state index contributed by atoms with van der Waals surface area (Å²) in [5.41, 5.74) is 0.491. The van der Waals surface area contributed by atoms with Gasteiger partial charge < -0.3 is 10.4 Å². The highest BCUT2D eigenvalue weighted by atomic mass is 79.9. The standard InChI is InChI=1S/C11H9BrN2O4/c12-7-3-1-2-4-8(7)13-11(18)14-9(15)5-6-10(16)17/h1-6H,(H,16,17)(H2,13,14,15,18)/b6-5+. The van der Waals surface area contributed by atoms with Gasteiger partial charge in [-0.3, -0.25) is 10.1 Å². The summed E-state index contributed by atoms with van der Waals surface area (Å²) in [5, 5.41) is 12.7. The number of carboxylic acids is 1. The molecule has 0 atom stereocenters. The van der Waals surface area contributed by atoms with E-state index in [1.54, 1.807) is 24.3 Å². The van der Waals surface area contributed by atoms with Crippen molar-refractivity contribution >= 4 is 39.5 Å². The summed E-state index contributed by atoms with van der Waals surface area (Å²) in [5.74, 6) is -2.08. The first kappa shape index (κ1) is 13.9. The maximum absolute atomic E-state index is 11.4. The van der Waals surface area contributed by atoms with E-state index in [0.717, 1.165) is 6.08 Å². The molecule has 0 heterocycles. The Morgan fingerprint density at radius 3 is 2.44 bits per heavy atom. The Hall–Kier alpha value is -2.15. The zero-order chi connectivity index (χ0) is 13.5. The second-order valence-corrected chi connectivity index (χ2v) is 3.95. The third-order valence-electron chi connectivity index (χ3n) is 1.74. The second kappa shape index (κ2) is 6.55. The summed E-state index contributed by atoms with van der Waals surface area (Å²) in [6, 6.07) is 6.10. The van der Waals surface area contributed by atoms with Crippen LogP contribution in [0, 0.1) is 0 Å². The van der Waals surface area contributed by atoms with Gasteiger partial charge in [-0.15, -0.1) is 0 Å². The Kier molecular flexibility index (Phi) is 5.06. The van der Waals surface area contributed by atoms with Gasteiger partial charge in [-0.1, -0.05) is 12.1 Å². The predicted octanol–water partition coefficient (Wildman–Crippen LogP) is 1.74. The molecule has 3 amide bonds. The zero-order valence-corrected chi connectivity index (χ0v) is 10.6. The molecule has 0 aliphatic heterocycles. The van der Waals surface area contributed by atoms with Gasteiger partial charge in [0.1, 0.15) is 0 Å². The van der Waals surface area contributed by atoms with Crippen LogP contribution in [-0.2, 0) is 9.59 Å². The molecule has 0 spiro atoms. The summed E-state index contributed by atoms with van der Waals surface area (Å²) < 4.78 is 0.661. The van der Waals surface area contributed by atoms with Gasteiger partial charge in [0, 0.05) is 16.6 Å². The van der Waals surface area contributed by atoms with Crippen LogP contribution in [0.5, 0.6) is 0 Å². The third kappa shape index (κ3) is 4.79. The Labute approximate surface area is 111 Å². The fraction of sp³-hybridized carbons (Fsp3) is 0. The topological polar surface area (TPSA) is 95.5 Å². The lowest BCUT2D eigenvalue weighted by Gasteiger charge is -2.06. The summed E-state index contributed by atoms with van der Waals surface area (Å²) in [6.45, 7) is 0. The highest BCUT2D eigenvalue weighted by molar-refractivity contribution is 9.10. The molecule has 1 aromatic carbocycles. The maximum atomic E-state index is 11.4. The van der Waals surface area contributed by atoms with Crippen molar-refractivity contribution in [1.29, 1.82) is 0 Å². The van der Waals surface area contributed by atoms with Crippen LogP contribution >= 0.6 is 15.9 Å². The van der Waals surface area contributed by atoms with Crippen molar-refractivity contribution in [2.45, 2.75) is 0 Å². The first-order valence-corrected chi connectivity index (χ1v) is 5.56. The van der Waals surface area contributed by atoms with Crippen LogP contribution in [0.25, 0.3) is 0 Å². The van der Waals surface area contributed by atoms with Crippen LogP contribution in [0.3, 0.4) is 0 Å². The van der Waals surface area contributed by atoms with E-state index in [-0.39, 0.29) is 0 Å². The van der Waals surface area contributed by atoms with Gasteiger partial charge in [-0.25, -0.2) is 9.59 Å². The minimum atomic E-state index is -1.27. The molecule has 0 fully saturated rings. The van der Waals surface area contributed by atoms with E-state index in [1.807, 2.05) is 5.32 Å². The summed E-state index contributed by atoms with van der Waals surface area (Å²) >= 11 is 3.22. The highest BCUT2D eigenvalue weighted by Gasteiger charge is 2.07. The summed E-state index contributed by atoms with van der Waals surface area (Å²) in [4.78, 5) is 32.6. The molecule has 0 aliphatic rings. The van der Waals surface area contributed by atoms with Gasteiger partial charge in [0.15, 0.2) is 0 Å². The van der Waals surface area contributed by atoms with Gasteiger partial charge in [0.05, 0.1) is 5.69 Å². The van der Waals surface area contributed by atoms with E-state index in [9.17, 15) is 14.4 Å². The van der Waals surface area contributed by atoms with Crippen molar-refractivity contribution in [1.82, 2.24) is 5.32 Å². The number of benzene rings is 1. The van der Waals surface area contributed by atoms with Crippen LogP contribution in [0.15, 0.2) is 40.9 Å². The molecule has 0 bridgehead atoms. The molecule has 0 radical (unpaired) electrons. The number of hydrogen-bond acceptors (Lipinski definition) is 3. The second-order valence-electron chi connectivity index (χ2n) is 3.09. The summed E-state index contributed by atoms with van der Waals surface area (Å²) in [7, 11) is 0. The maximum Gasteiger partial charge on any atom is 0.328 e. The minimum absolute atomic E-state index is 0.491. The number of nitrogens with one attached hydrogen (secondary N) is 2. The minimum Gasteiger partial charge on any atom is -0.478 e. The van der Waals surface area contributed by atoms with Gasteiger partial charge in [-0.05, 0) is 28.1 Å². The van der Waals surface area contributed by atoms with Gasteiger partial charge in [0.2, 0.25) is 0 Å². The molecule has 1 rings (SSSR count). The molecule has 3 N–H and O–H groups in total. The smallest absolute Gasteiger partial charge is 0.328 e. The van der Waals surface area contributed by atoms with Crippen molar-refractivity contribution in [3.63, 3.8) is 0 Å². The molecule has 0 saturated heterocycles. The van der Waals surface area contributed by atoms with Crippen LogP contribution in [0.4, 0.5) is 10.5 Å². The van der Waals surface area contributed by atoms with E-state index < -0.39 is 17.9 Å². The quantitative estimate of drug-likeness (QED) is 0.741. The number of carbonyl (C=O) groups excluding carboxylic acids is 2. The Balaban J connectivity index is 2.55. The molecule has 18 heavy (non-hydrogen) atoms. The first-order chi connectivity index (χ1) is 8.49. The SMILES string of the molecule is O=C(O)/C=C/C(=O)NC(=O)Nc1ccccc1Br. The molecular weight excluding hydrogens is 304 g/mol. The number of halogens is 1. The predicted molar refractivity (Wildman–Crippen MR) is 68.1 cm³/mol. The summed E-state index contributed by atoms with van der Waals surface area (Å²) in [6.07, 6.45) is 1.39. The van der Waals surface area contributed by atoms with Crippen molar-refractivity contribution in [2.75, 3.05) is 5.32 Å². The first-order valence-electron chi connectivity index (χ1n) is 4.76. The van der Waals surface area contributed by atoms with Crippen LogP contribution < -0.4 is 10.6 Å². The molecule has 6 nitrogen and oxygen atoms in total. The number of carboxylic acid groups (broad SMARTS) is 1. The molecule has 94 valence electrons. The van der Waals surface area contributed by atoms with Gasteiger partial charge >= 0.3 is 12.0 Å². The number of rotatable bonds is 3. The van der Waals surface area contributed by atoms with E-state index >= 15 is 0 Å². The lowest BCUT2D eigenvalue weighted by Crippen LogP contribution is -2.33.